The molecular formula is C22H25F3N2O3S. The number of carbonyl (C=O) groups excluding carboxylic acids is 1. The molecule has 0 aromatic heterocycles. The Morgan fingerprint density at radius 3 is 2.32 bits per heavy atom. The predicted molar refractivity (Wildman–Crippen MR) is 111 cm³/mol. The molecule has 2 aromatic rings. The fourth-order valence-electron chi connectivity index (χ4n) is 4.66. The van der Waals surface area contributed by atoms with E-state index < -0.39 is 40.6 Å². The van der Waals surface area contributed by atoms with Crippen molar-refractivity contribution in [3.8, 4) is 0 Å². The summed E-state index contributed by atoms with van der Waals surface area (Å²) in [6.45, 7) is -1.20. The van der Waals surface area contributed by atoms with E-state index in [2.05, 4.69) is 0 Å². The zero-order chi connectivity index (χ0) is 22.2. The largest absolute Gasteiger partial charge is 0.410 e. The number of alkyl halides is 3. The number of benzene rings is 2. The third kappa shape index (κ3) is 4.30. The molecule has 0 radical (unpaired) electrons. The van der Waals surface area contributed by atoms with Gasteiger partial charge < -0.3 is 4.90 Å². The molecule has 1 amide bonds. The molecule has 2 aromatic carbocycles. The Morgan fingerprint density at radius 1 is 0.935 bits per heavy atom. The van der Waals surface area contributed by atoms with Crippen LogP contribution in [0.4, 0.5) is 13.2 Å². The molecule has 1 saturated heterocycles. The average molecular weight is 455 g/mol. The van der Waals surface area contributed by atoms with Crippen molar-refractivity contribution in [1.29, 1.82) is 0 Å². The van der Waals surface area contributed by atoms with Gasteiger partial charge in [-0.25, -0.2) is 8.42 Å². The van der Waals surface area contributed by atoms with Gasteiger partial charge in [-0.2, -0.15) is 17.5 Å². The van der Waals surface area contributed by atoms with Crippen LogP contribution in [-0.4, -0.2) is 55.4 Å². The van der Waals surface area contributed by atoms with Crippen LogP contribution in [0.5, 0.6) is 0 Å². The SMILES string of the molecule is O=C(C1CCCCC1)N1CCN(S(=O)(=O)c2cccc3ccccc23)CC1C(F)(F)F. The third-order valence-corrected chi connectivity index (χ3v) is 8.25. The number of nitrogens with zero attached hydrogens (tertiary/aromatic N) is 2. The van der Waals surface area contributed by atoms with E-state index in [9.17, 15) is 26.4 Å². The lowest BCUT2D eigenvalue weighted by molar-refractivity contribution is -0.199. The number of amides is 1. The second-order valence-corrected chi connectivity index (χ2v) is 10.2. The number of piperazine rings is 1. The standard InChI is InChI=1S/C22H25F3N2O3S/c23-22(24,25)20-15-26(13-14-27(20)21(28)17-8-2-1-3-9-17)31(29,30)19-12-6-10-16-7-4-5-11-18(16)19/h4-7,10-12,17,20H,1-3,8-9,13-15H2. The van der Waals surface area contributed by atoms with Gasteiger partial charge in [-0.1, -0.05) is 55.7 Å². The smallest absolute Gasteiger partial charge is 0.328 e. The fourth-order valence-corrected chi connectivity index (χ4v) is 6.32. The van der Waals surface area contributed by atoms with Crippen LogP contribution in [-0.2, 0) is 14.8 Å². The maximum absolute atomic E-state index is 13.9. The summed E-state index contributed by atoms with van der Waals surface area (Å²) in [6.07, 6.45) is -0.859. The molecule has 1 saturated carbocycles. The van der Waals surface area contributed by atoms with E-state index in [0.29, 0.717) is 23.6 Å². The lowest BCUT2D eigenvalue weighted by Crippen LogP contribution is -2.62. The first kappa shape index (κ1) is 22.1. The lowest BCUT2D eigenvalue weighted by Gasteiger charge is -2.43. The Balaban J connectivity index is 1.63. The van der Waals surface area contributed by atoms with Gasteiger partial charge in [0.2, 0.25) is 15.9 Å². The number of hydrogen-bond donors (Lipinski definition) is 0. The van der Waals surface area contributed by atoms with Gasteiger partial charge in [0.05, 0.1) is 4.90 Å². The third-order valence-electron chi connectivity index (χ3n) is 6.33. The number of fused-ring (bicyclic) bond motifs is 1. The van der Waals surface area contributed by atoms with Gasteiger partial charge >= 0.3 is 6.18 Å². The minimum atomic E-state index is -4.71. The molecular weight excluding hydrogens is 429 g/mol. The van der Waals surface area contributed by atoms with Crippen molar-refractivity contribution in [2.45, 2.75) is 49.2 Å². The molecule has 9 heteroatoms. The first-order valence-electron chi connectivity index (χ1n) is 10.5. The van der Waals surface area contributed by atoms with Crippen molar-refractivity contribution in [2.24, 2.45) is 5.92 Å². The van der Waals surface area contributed by atoms with Crippen LogP contribution < -0.4 is 0 Å². The summed E-state index contributed by atoms with van der Waals surface area (Å²) in [5.41, 5.74) is 0. The van der Waals surface area contributed by atoms with Crippen LogP contribution >= 0.6 is 0 Å². The summed E-state index contributed by atoms with van der Waals surface area (Å²) in [4.78, 5) is 13.7. The second kappa shape index (κ2) is 8.43. The van der Waals surface area contributed by atoms with Gasteiger partial charge in [0.15, 0.2) is 0 Å². The number of rotatable bonds is 3. The lowest BCUT2D eigenvalue weighted by atomic mass is 9.87. The maximum Gasteiger partial charge on any atom is 0.410 e. The molecule has 31 heavy (non-hydrogen) atoms. The summed E-state index contributed by atoms with van der Waals surface area (Å²) in [7, 11) is -4.16. The molecule has 0 N–H and O–H groups in total. The second-order valence-electron chi connectivity index (χ2n) is 8.26. The minimum Gasteiger partial charge on any atom is -0.328 e. The Bertz CT molecular complexity index is 1060. The fraction of sp³-hybridized carbons (Fsp3) is 0.500. The van der Waals surface area contributed by atoms with Gasteiger partial charge in [0, 0.05) is 30.9 Å². The van der Waals surface area contributed by atoms with Gasteiger partial charge in [-0.05, 0) is 24.3 Å². The van der Waals surface area contributed by atoms with Crippen molar-refractivity contribution < 1.29 is 26.4 Å². The van der Waals surface area contributed by atoms with Crippen LogP contribution in [0.15, 0.2) is 47.4 Å². The number of sulfonamides is 1. The monoisotopic (exact) mass is 454 g/mol. The van der Waals surface area contributed by atoms with Gasteiger partial charge in [0.1, 0.15) is 6.04 Å². The number of carbonyl (C=O) groups is 1. The van der Waals surface area contributed by atoms with E-state index >= 15 is 0 Å². The normalized spacial score (nSPS) is 22.0. The Kier molecular flexibility index (Phi) is 6.00. The summed E-state index contributed by atoms with van der Waals surface area (Å²) >= 11 is 0. The van der Waals surface area contributed by atoms with E-state index in [1.165, 1.54) is 6.07 Å². The van der Waals surface area contributed by atoms with Crippen LogP contribution in [0.2, 0.25) is 0 Å². The van der Waals surface area contributed by atoms with Gasteiger partial charge in [0.25, 0.3) is 0 Å². The van der Waals surface area contributed by atoms with Crippen LogP contribution in [0, 0.1) is 5.92 Å². The molecule has 2 fully saturated rings. The quantitative estimate of drug-likeness (QED) is 0.699. The molecule has 1 aliphatic carbocycles. The minimum absolute atomic E-state index is 0.0152. The van der Waals surface area contributed by atoms with E-state index in [1.807, 2.05) is 0 Å². The zero-order valence-corrected chi connectivity index (χ0v) is 17.8. The van der Waals surface area contributed by atoms with Crippen LogP contribution in [0.25, 0.3) is 10.8 Å². The molecule has 1 atom stereocenters. The number of hydrogen-bond acceptors (Lipinski definition) is 3. The average Bonchev–Trinajstić information content (AvgIpc) is 2.77. The molecule has 4 rings (SSSR count). The Morgan fingerprint density at radius 2 is 1.61 bits per heavy atom. The molecule has 1 unspecified atom stereocenters. The van der Waals surface area contributed by atoms with Crippen molar-refractivity contribution >= 4 is 26.7 Å². The van der Waals surface area contributed by atoms with Gasteiger partial charge in [-0.3, -0.25) is 4.79 Å². The predicted octanol–water partition coefficient (Wildman–Crippen LogP) is 4.18. The van der Waals surface area contributed by atoms with E-state index in [-0.39, 0.29) is 18.0 Å². The van der Waals surface area contributed by atoms with Crippen LogP contribution in [0.3, 0.4) is 0 Å². The molecule has 5 nitrogen and oxygen atoms in total. The molecule has 0 bridgehead atoms. The highest BCUT2D eigenvalue weighted by atomic mass is 32.2. The van der Waals surface area contributed by atoms with Crippen molar-refractivity contribution in [3.05, 3.63) is 42.5 Å². The summed E-state index contributed by atoms with van der Waals surface area (Å²) in [6, 6.07) is 9.49. The molecule has 0 spiro atoms. The van der Waals surface area contributed by atoms with Crippen molar-refractivity contribution in [2.75, 3.05) is 19.6 Å². The van der Waals surface area contributed by atoms with Crippen molar-refractivity contribution in [3.63, 3.8) is 0 Å². The summed E-state index contributed by atoms with van der Waals surface area (Å²) in [5.74, 6) is -0.899. The highest BCUT2D eigenvalue weighted by Gasteiger charge is 2.51. The van der Waals surface area contributed by atoms with Crippen LogP contribution in [0.1, 0.15) is 32.1 Å². The Labute approximate surface area is 179 Å². The summed E-state index contributed by atoms with van der Waals surface area (Å²) < 4.78 is 69.2. The van der Waals surface area contributed by atoms with Crippen molar-refractivity contribution in [1.82, 2.24) is 9.21 Å². The highest BCUT2D eigenvalue weighted by Crippen LogP contribution is 2.34. The van der Waals surface area contributed by atoms with E-state index in [1.54, 1.807) is 36.4 Å². The molecule has 1 aliphatic heterocycles. The molecule has 2 aliphatic rings. The molecule has 168 valence electrons. The molecule has 1 heterocycles. The van der Waals surface area contributed by atoms with Gasteiger partial charge in [-0.15, -0.1) is 0 Å². The number of halogens is 3. The summed E-state index contributed by atoms with van der Waals surface area (Å²) in [5, 5.41) is 1.16. The first-order valence-corrected chi connectivity index (χ1v) is 12.0. The first-order chi connectivity index (χ1) is 14.7. The highest BCUT2D eigenvalue weighted by molar-refractivity contribution is 7.89. The van der Waals surface area contributed by atoms with E-state index in [0.717, 1.165) is 28.5 Å². The zero-order valence-electron chi connectivity index (χ0n) is 17.0. The topological polar surface area (TPSA) is 57.7 Å². The maximum atomic E-state index is 13.9. The Hall–Kier alpha value is -2.13. The van der Waals surface area contributed by atoms with E-state index in [4.69, 9.17) is 0 Å².